The zero-order valence-corrected chi connectivity index (χ0v) is 8.76. The van der Waals surface area contributed by atoms with E-state index in [1.54, 1.807) is 0 Å². The molecule has 1 N–H and O–H groups in total. The van der Waals surface area contributed by atoms with E-state index in [9.17, 15) is 0 Å². The molecule has 76 valence electrons. The zero-order valence-electron chi connectivity index (χ0n) is 8.76. The van der Waals surface area contributed by atoms with E-state index in [0.29, 0.717) is 0 Å². The molecule has 1 atom stereocenters. The van der Waals surface area contributed by atoms with Gasteiger partial charge in [-0.25, -0.2) is 0 Å². The molecule has 1 saturated heterocycles. The Bertz CT molecular complexity index is 154. The minimum atomic E-state index is 0.814. The van der Waals surface area contributed by atoms with Crippen LogP contribution in [0.1, 0.15) is 38.5 Å². The zero-order chi connectivity index (χ0) is 9.10. The average molecular weight is 182 g/mol. The molecule has 1 saturated carbocycles. The van der Waals surface area contributed by atoms with Crippen molar-refractivity contribution in [2.24, 2.45) is 0 Å². The van der Waals surface area contributed by atoms with Crippen LogP contribution >= 0.6 is 0 Å². The van der Waals surface area contributed by atoms with Crippen molar-refractivity contribution in [2.45, 2.75) is 50.6 Å². The fraction of sp³-hybridized carbons (Fsp3) is 1.00. The summed E-state index contributed by atoms with van der Waals surface area (Å²) in [6, 6.07) is 1.67. The minimum absolute atomic E-state index is 0.814. The summed E-state index contributed by atoms with van der Waals surface area (Å²) in [6.45, 7) is 2.53. The number of piperidine rings is 1. The van der Waals surface area contributed by atoms with Crippen LogP contribution in [-0.4, -0.2) is 37.1 Å². The summed E-state index contributed by atoms with van der Waals surface area (Å²) >= 11 is 0. The fourth-order valence-electron chi connectivity index (χ4n) is 2.32. The standard InChI is InChI=1S/C11H22N2/c1-13-8-3-2-7-11(13)9-12-10-5-4-6-10/h10-12H,2-9H2,1H3. The second kappa shape index (κ2) is 4.43. The van der Waals surface area contributed by atoms with Gasteiger partial charge in [0.2, 0.25) is 0 Å². The van der Waals surface area contributed by atoms with Crippen molar-refractivity contribution in [3.63, 3.8) is 0 Å². The van der Waals surface area contributed by atoms with Gasteiger partial charge in [0.25, 0.3) is 0 Å². The number of hydrogen-bond donors (Lipinski definition) is 1. The molecule has 1 aliphatic heterocycles. The number of rotatable bonds is 3. The lowest BCUT2D eigenvalue weighted by Gasteiger charge is -2.35. The predicted octanol–water partition coefficient (Wildman–Crippen LogP) is 1.61. The second-order valence-corrected chi connectivity index (χ2v) is 4.67. The maximum Gasteiger partial charge on any atom is 0.0217 e. The third kappa shape index (κ3) is 2.44. The van der Waals surface area contributed by atoms with E-state index >= 15 is 0 Å². The van der Waals surface area contributed by atoms with Crippen LogP contribution in [0.3, 0.4) is 0 Å². The van der Waals surface area contributed by atoms with Gasteiger partial charge in [-0.05, 0) is 39.3 Å². The van der Waals surface area contributed by atoms with Gasteiger partial charge in [0.15, 0.2) is 0 Å². The van der Waals surface area contributed by atoms with Crippen LogP contribution in [0.25, 0.3) is 0 Å². The highest BCUT2D eigenvalue weighted by molar-refractivity contribution is 4.81. The Hall–Kier alpha value is -0.0800. The van der Waals surface area contributed by atoms with Crippen molar-refractivity contribution < 1.29 is 0 Å². The maximum absolute atomic E-state index is 3.68. The number of likely N-dealkylation sites (N-methyl/N-ethyl adjacent to an activating group) is 1. The van der Waals surface area contributed by atoms with Gasteiger partial charge in [0.05, 0.1) is 0 Å². The molecule has 2 fully saturated rings. The van der Waals surface area contributed by atoms with Gasteiger partial charge in [-0.2, -0.15) is 0 Å². The van der Waals surface area contributed by atoms with Crippen LogP contribution in [0.4, 0.5) is 0 Å². The number of hydrogen-bond acceptors (Lipinski definition) is 2. The largest absolute Gasteiger partial charge is 0.312 e. The molecule has 1 unspecified atom stereocenters. The van der Waals surface area contributed by atoms with Gasteiger partial charge in [0, 0.05) is 18.6 Å². The molecule has 0 radical (unpaired) electrons. The quantitative estimate of drug-likeness (QED) is 0.713. The number of nitrogens with zero attached hydrogens (tertiary/aromatic N) is 1. The third-order valence-corrected chi connectivity index (χ3v) is 3.67. The Labute approximate surface area is 81.7 Å². The maximum atomic E-state index is 3.68. The Morgan fingerprint density at radius 1 is 1.15 bits per heavy atom. The first-order valence-electron chi connectivity index (χ1n) is 5.80. The van der Waals surface area contributed by atoms with E-state index in [1.165, 1.54) is 51.6 Å². The third-order valence-electron chi connectivity index (χ3n) is 3.67. The Kier molecular flexibility index (Phi) is 3.23. The first kappa shape index (κ1) is 9.47. The van der Waals surface area contributed by atoms with Crippen LogP contribution in [-0.2, 0) is 0 Å². The van der Waals surface area contributed by atoms with Gasteiger partial charge >= 0.3 is 0 Å². The first-order chi connectivity index (χ1) is 6.36. The van der Waals surface area contributed by atoms with Gasteiger partial charge in [-0.1, -0.05) is 12.8 Å². The van der Waals surface area contributed by atoms with Crippen molar-refractivity contribution >= 4 is 0 Å². The Morgan fingerprint density at radius 3 is 2.62 bits per heavy atom. The summed E-state index contributed by atoms with van der Waals surface area (Å²) < 4.78 is 0. The van der Waals surface area contributed by atoms with Crippen molar-refractivity contribution in [3.8, 4) is 0 Å². The molecule has 0 spiro atoms. The van der Waals surface area contributed by atoms with Crippen LogP contribution in [0.15, 0.2) is 0 Å². The topological polar surface area (TPSA) is 15.3 Å². The molecule has 13 heavy (non-hydrogen) atoms. The highest BCUT2D eigenvalue weighted by atomic mass is 15.2. The normalized spacial score (nSPS) is 31.6. The smallest absolute Gasteiger partial charge is 0.0217 e. The van der Waals surface area contributed by atoms with Gasteiger partial charge in [-0.15, -0.1) is 0 Å². The molecule has 0 aromatic carbocycles. The van der Waals surface area contributed by atoms with E-state index in [-0.39, 0.29) is 0 Å². The fourth-order valence-corrected chi connectivity index (χ4v) is 2.32. The molecule has 0 aromatic rings. The van der Waals surface area contributed by atoms with Crippen molar-refractivity contribution in [3.05, 3.63) is 0 Å². The van der Waals surface area contributed by atoms with E-state index in [4.69, 9.17) is 0 Å². The number of nitrogens with one attached hydrogen (secondary N) is 1. The molecule has 0 amide bonds. The van der Waals surface area contributed by atoms with Crippen LogP contribution in [0.5, 0.6) is 0 Å². The molecular weight excluding hydrogens is 160 g/mol. The van der Waals surface area contributed by atoms with E-state index in [0.717, 1.165) is 12.1 Å². The lowest BCUT2D eigenvalue weighted by Crippen LogP contribution is -2.47. The summed E-state index contributed by atoms with van der Waals surface area (Å²) in [5.74, 6) is 0. The number of likely N-dealkylation sites (tertiary alicyclic amines) is 1. The minimum Gasteiger partial charge on any atom is -0.312 e. The molecule has 2 nitrogen and oxygen atoms in total. The summed E-state index contributed by atoms with van der Waals surface area (Å²) in [6.07, 6.45) is 8.50. The van der Waals surface area contributed by atoms with Crippen molar-refractivity contribution in [2.75, 3.05) is 20.1 Å². The van der Waals surface area contributed by atoms with E-state index in [1.807, 2.05) is 0 Å². The summed E-state index contributed by atoms with van der Waals surface area (Å²) in [4.78, 5) is 2.52. The molecular formula is C11H22N2. The highest BCUT2D eigenvalue weighted by Gasteiger charge is 2.22. The molecule has 2 rings (SSSR count). The van der Waals surface area contributed by atoms with E-state index in [2.05, 4.69) is 17.3 Å². The molecule has 1 heterocycles. The summed E-state index contributed by atoms with van der Waals surface area (Å²) in [5, 5.41) is 3.68. The lowest BCUT2D eigenvalue weighted by atomic mass is 9.92. The van der Waals surface area contributed by atoms with Crippen LogP contribution in [0.2, 0.25) is 0 Å². The van der Waals surface area contributed by atoms with Crippen LogP contribution in [0, 0.1) is 0 Å². The van der Waals surface area contributed by atoms with Crippen molar-refractivity contribution in [1.82, 2.24) is 10.2 Å². The molecule has 0 aromatic heterocycles. The molecule has 2 heteroatoms. The summed E-state index contributed by atoms with van der Waals surface area (Å²) in [7, 11) is 2.27. The summed E-state index contributed by atoms with van der Waals surface area (Å²) in [5.41, 5.74) is 0. The van der Waals surface area contributed by atoms with Gasteiger partial charge in [-0.3, -0.25) is 0 Å². The lowest BCUT2D eigenvalue weighted by molar-refractivity contribution is 0.170. The molecule has 0 bridgehead atoms. The van der Waals surface area contributed by atoms with E-state index < -0.39 is 0 Å². The van der Waals surface area contributed by atoms with Gasteiger partial charge < -0.3 is 10.2 Å². The molecule has 2 aliphatic rings. The highest BCUT2D eigenvalue weighted by Crippen LogP contribution is 2.19. The SMILES string of the molecule is CN1CCCCC1CNC1CCC1. The van der Waals surface area contributed by atoms with Crippen molar-refractivity contribution in [1.29, 1.82) is 0 Å². The second-order valence-electron chi connectivity index (χ2n) is 4.67. The first-order valence-corrected chi connectivity index (χ1v) is 5.80. The monoisotopic (exact) mass is 182 g/mol. The Morgan fingerprint density at radius 2 is 2.00 bits per heavy atom. The Balaban J connectivity index is 1.66. The molecule has 1 aliphatic carbocycles. The predicted molar refractivity (Wildman–Crippen MR) is 55.9 cm³/mol. The average Bonchev–Trinajstić information content (AvgIpc) is 2.05. The van der Waals surface area contributed by atoms with Gasteiger partial charge in [0.1, 0.15) is 0 Å². The van der Waals surface area contributed by atoms with Crippen LogP contribution < -0.4 is 5.32 Å².